The summed E-state index contributed by atoms with van der Waals surface area (Å²) in [7, 11) is 0. The van der Waals surface area contributed by atoms with E-state index in [-0.39, 0.29) is 0 Å². The van der Waals surface area contributed by atoms with E-state index in [2.05, 4.69) is 23.5 Å². The average molecular weight is 219 g/mol. The van der Waals surface area contributed by atoms with Crippen LogP contribution < -0.4 is 10.1 Å². The zero-order valence-corrected chi connectivity index (χ0v) is 10.0. The maximum atomic E-state index is 5.52. The summed E-state index contributed by atoms with van der Waals surface area (Å²) in [5.41, 5.74) is 1.38. The quantitative estimate of drug-likeness (QED) is 0.840. The van der Waals surface area contributed by atoms with Crippen LogP contribution in [0.3, 0.4) is 0 Å². The second kappa shape index (κ2) is 5.90. The summed E-state index contributed by atoms with van der Waals surface area (Å²) < 4.78 is 5.52. The lowest BCUT2D eigenvalue weighted by Gasteiger charge is -2.23. The van der Waals surface area contributed by atoms with Gasteiger partial charge in [0.15, 0.2) is 0 Å². The number of rotatable bonds is 4. The molecule has 0 radical (unpaired) electrons. The SMILES string of the molecule is CCOc1cccc(C[C@H]2CCCCN2)c1. The molecule has 0 saturated carbocycles. The molecular weight excluding hydrogens is 198 g/mol. The third-order valence-electron chi connectivity index (χ3n) is 3.10. The topological polar surface area (TPSA) is 21.3 Å². The van der Waals surface area contributed by atoms with Crippen molar-refractivity contribution in [3.05, 3.63) is 29.8 Å². The first kappa shape index (κ1) is 11.5. The maximum Gasteiger partial charge on any atom is 0.119 e. The van der Waals surface area contributed by atoms with Crippen LogP contribution in [0.2, 0.25) is 0 Å². The molecule has 0 unspecified atom stereocenters. The van der Waals surface area contributed by atoms with Gasteiger partial charge in [-0.15, -0.1) is 0 Å². The molecular formula is C14H21NO. The summed E-state index contributed by atoms with van der Waals surface area (Å²) in [6, 6.07) is 9.13. The van der Waals surface area contributed by atoms with E-state index in [4.69, 9.17) is 4.74 Å². The zero-order valence-electron chi connectivity index (χ0n) is 10.0. The highest BCUT2D eigenvalue weighted by atomic mass is 16.5. The van der Waals surface area contributed by atoms with Crippen molar-refractivity contribution in [2.45, 2.75) is 38.6 Å². The van der Waals surface area contributed by atoms with Gasteiger partial charge in [-0.05, 0) is 50.4 Å². The van der Waals surface area contributed by atoms with Gasteiger partial charge in [0.25, 0.3) is 0 Å². The molecule has 1 aliphatic heterocycles. The van der Waals surface area contributed by atoms with Gasteiger partial charge in [-0.25, -0.2) is 0 Å². The first-order valence-corrected chi connectivity index (χ1v) is 6.33. The fourth-order valence-corrected chi connectivity index (χ4v) is 2.31. The number of piperidine rings is 1. The first-order chi connectivity index (χ1) is 7.88. The Balaban J connectivity index is 1.94. The lowest BCUT2D eigenvalue weighted by Crippen LogP contribution is -2.35. The Morgan fingerprint density at radius 3 is 3.06 bits per heavy atom. The largest absolute Gasteiger partial charge is 0.494 e. The summed E-state index contributed by atoms with van der Waals surface area (Å²) in [4.78, 5) is 0. The van der Waals surface area contributed by atoms with E-state index in [1.165, 1.54) is 31.4 Å². The molecule has 1 N–H and O–H groups in total. The van der Waals surface area contributed by atoms with Gasteiger partial charge in [0, 0.05) is 6.04 Å². The molecule has 0 spiro atoms. The van der Waals surface area contributed by atoms with E-state index in [0.717, 1.165) is 18.8 Å². The third-order valence-corrected chi connectivity index (χ3v) is 3.10. The third kappa shape index (κ3) is 3.24. The number of hydrogen-bond acceptors (Lipinski definition) is 2. The maximum absolute atomic E-state index is 5.52. The second-order valence-corrected chi connectivity index (χ2v) is 4.43. The van der Waals surface area contributed by atoms with Crippen LogP contribution in [0.5, 0.6) is 5.75 Å². The van der Waals surface area contributed by atoms with Crippen LogP contribution in [0, 0.1) is 0 Å². The van der Waals surface area contributed by atoms with Gasteiger partial charge >= 0.3 is 0 Å². The van der Waals surface area contributed by atoms with Crippen LogP contribution in [-0.4, -0.2) is 19.2 Å². The summed E-state index contributed by atoms with van der Waals surface area (Å²) in [5, 5.41) is 3.58. The summed E-state index contributed by atoms with van der Waals surface area (Å²) in [6.45, 7) is 3.94. The van der Waals surface area contributed by atoms with E-state index in [9.17, 15) is 0 Å². The van der Waals surface area contributed by atoms with Crippen LogP contribution in [0.25, 0.3) is 0 Å². The van der Waals surface area contributed by atoms with E-state index in [1.807, 2.05) is 13.0 Å². The minimum absolute atomic E-state index is 0.658. The summed E-state index contributed by atoms with van der Waals surface area (Å²) in [6.07, 6.45) is 5.12. The molecule has 1 aromatic rings. The molecule has 0 amide bonds. The Labute approximate surface area is 98.0 Å². The lowest BCUT2D eigenvalue weighted by atomic mass is 9.98. The first-order valence-electron chi connectivity index (χ1n) is 6.33. The predicted octanol–water partition coefficient (Wildman–Crippen LogP) is 2.77. The fourth-order valence-electron chi connectivity index (χ4n) is 2.31. The molecule has 2 rings (SSSR count). The van der Waals surface area contributed by atoms with Gasteiger partial charge in [-0.2, -0.15) is 0 Å². The fraction of sp³-hybridized carbons (Fsp3) is 0.571. The average Bonchev–Trinajstić information content (AvgIpc) is 2.31. The number of hydrogen-bond donors (Lipinski definition) is 1. The number of nitrogens with one attached hydrogen (secondary N) is 1. The normalized spacial score (nSPS) is 20.7. The molecule has 2 nitrogen and oxygen atoms in total. The molecule has 16 heavy (non-hydrogen) atoms. The van der Waals surface area contributed by atoms with Gasteiger partial charge < -0.3 is 10.1 Å². The van der Waals surface area contributed by atoms with Gasteiger partial charge in [-0.1, -0.05) is 18.6 Å². The van der Waals surface area contributed by atoms with Crippen molar-refractivity contribution in [2.24, 2.45) is 0 Å². The van der Waals surface area contributed by atoms with Gasteiger partial charge in [-0.3, -0.25) is 0 Å². The van der Waals surface area contributed by atoms with Crippen molar-refractivity contribution in [1.29, 1.82) is 0 Å². The predicted molar refractivity (Wildman–Crippen MR) is 67.0 cm³/mol. The number of benzene rings is 1. The highest BCUT2D eigenvalue weighted by Gasteiger charge is 2.12. The Bertz CT molecular complexity index is 318. The van der Waals surface area contributed by atoms with Crippen molar-refractivity contribution in [3.63, 3.8) is 0 Å². The zero-order chi connectivity index (χ0) is 11.2. The van der Waals surface area contributed by atoms with Crippen LogP contribution in [0.4, 0.5) is 0 Å². The molecule has 0 aromatic heterocycles. The second-order valence-electron chi connectivity index (χ2n) is 4.43. The Kier molecular flexibility index (Phi) is 4.23. The molecule has 2 heteroatoms. The standard InChI is InChI=1S/C14H21NO/c1-2-16-14-8-5-6-12(11-14)10-13-7-3-4-9-15-13/h5-6,8,11,13,15H,2-4,7,9-10H2,1H3/t13-/m1/s1. The summed E-state index contributed by atoms with van der Waals surface area (Å²) in [5.74, 6) is 0.996. The summed E-state index contributed by atoms with van der Waals surface area (Å²) >= 11 is 0. The van der Waals surface area contributed by atoms with Crippen molar-refractivity contribution in [1.82, 2.24) is 5.32 Å². The highest BCUT2D eigenvalue weighted by Crippen LogP contribution is 2.17. The molecule has 88 valence electrons. The molecule has 0 bridgehead atoms. The molecule has 1 heterocycles. The molecule has 1 atom stereocenters. The van der Waals surface area contributed by atoms with E-state index < -0.39 is 0 Å². The molecule has 1 fully saturated rings. The molecule has 1 aromatic carbocycles. The van der Waals surface area contributed by atoms with Crippen molar-refractivity contribution >= 4 is 0 Å². The minimum Gasteiger partial charge on any atom is -0.494 e. The van der Waals surface area contributed by atoms with Crippen LogP contribution >= 0.6 is 0 Å². The Morgan fingerprint density at radius 2 is 2.31 bits per heavy atom. The van der Waals surface area contributed by atoms with Crippen molar-refractivity contribution in [2.75, 3.05) is 13.2 Å². The van der Waals surface area contributed by atoms with E-state index >= 15 is 0 Å². The van der Waals surface area contributed by atoms with Crippen molar-refractivity contribution < 1.29 is 4.74 Å². The van der Waals surface area contributed by atoms with Crippen LogP contribution in [0.1, 0.15) is 31.7 Å². The Morgan fingerprint density at radius 1 is 1.38 bits per heavy atom. The number of ether oxygens (including phenoxy) is 1. The lowest BCUT2D eigenvalue weighted by molar-refractivity contribution is 0.339. The van der Waals surface area contributed by atoms with E-state index in [1.54, 1.807) is 0 Å². The molecule has 0 aliphatic carbocycles. The van der Waals surface area contributed by atoms with Gasteiger partial charge in [0.2, 0.25) is 0 Å². The van der Waals surface area contributed by atoms with E-state index in [0.29, 0.717) is 6.04 Å². The van der Waals surface area contributed by atoms with Crippen molar-refractivity contribution in [3.8, 4) is 5.75 Å². The van der Waals surface area contributed by atoms with Crippen LogP contribution in [-0.2, 0) is 6.42 Å². The molecule has 1 aliphatic rings. The van der Waals surface area contributed by atoms with Gasteiger partial charge in [0.05, 0.1) is 6.61 Å². The minimum atomic E-state index is 0.658. The smallest absolute Gasteiger partial charge is 0.119 e. The highest BCUT2D eigenvalue weighted by molar-refractivity contribution is 5.29. The molecule has 1 saturated heterocycles. The Hall–Kier alpha value is -1.02. The van der Waals surface area contributed by atoms with Crippen LogP contribution in [0.15, 0.2) is 24.3 Å². The monoisotopic (exact) mass is 219 g/mol. The van der Waals surface area contributed by atoms with Gasteiger partial charge in [0.1, 0.15) is 5.75 Å².